The number of aromatic nitrogens is 4. The summed E-state index contributed by atoms with van der Waals surface area (Å²) in [6, 6.07) is 38.6. The van der Waals surface area contributed by atoms with Crippen LogP contribution in [-0.2, 0) is 12.8 Å². The van der Waals surface area contributed by atoms with E-state index in [2.05, 4.69) is 359 Å². The maximum atomic E-state index is 5.83. The van der Waals surface area contributed by atoms with E-state index in [1.807, 2.05) is 28.9 Å². The second-order valence-corrected chi connectivity index (χ2v) is 37.5. The fraction of sp³-hybridized carbons (Fsp3) is 0.500. The molecule has 7 aromatic carbocycles. The summed E-state index contributed by atoms with van der Waals surface area (Å²) in [5.74, 6) is 7.65. The van der Waals surface area contributed by atoms with Crippen molar-refractivity contribution in [3.8, 4) is 23.0 Å². The minimum absolute atomic E-state index is 0.382. The zero-order chi connectivity index (χ0) is 85.5. The average Bonchev–Trinajstić information content (AvgIpc) is 0.937. The number of anilines is 7. The van der Waals surface area contributed by atoms with Gasteiger partial charge in [0.05, 0.1) is 57.4 Å². The molecule has 4 aromatic heterocycles. The van der Waals surface area contributed by atoms with Gasteiger partial charge < -0.3 is 56.2 Å². The van der Waals surface area contributed by atoms with Gasteiger partial charge in [0.2, 0.25) is 0 Å². The van der Waals surface area contributed by atoms with Crippen molar-refractivity contribution in [3.05, 3.63) is 183 Å². The molecule has 11 aromatic rings. The van der Waals surface area contributed by atoms with Crippen LogP contribution >= 0.6 is 22.7 Å². The molecular formula is C100H143N11O4S2. The van der Waals surface area contributed by atoms with Gasteiger partial charge in [-0.25, -0.2) is 9.97 Å². The van der Waals surface area contributed by atoms with Crippen LogP contribution in [0.25, 0.3) is 42.1 Å². The lowest BCUT2D eigenvalue weighted by molar-refractivity contribution is 0.172. The number of fused-ring (bicyclic) bond motifs is 7. The first-order valence-electron chi connectivity index (χ1n) is 43.4. The van der Waals surface area contributed by atoms with Crippen LogP contribution in [0.1, 0.15) is 298 Å². The summed E-state index contributed by atoms with van der Waals surface area (Å²) in [4.78, 5) is 17.2. The number of aryl methyl sites for hydroxylation is 2. The Hall–Kier alpha value is -9.06. The summed E-state index contributed by atoms with van der Waals surface area (Å²) in [7, 11) is 0. The van der Waals surface area contributed by atoms with Crippen LogP contribution in [-0.4, -0.2) is 88.7 Å². The third-order valence-electron chi connectivity index (χ3n) is 19.9. The Balaban J connectivity index is 0.000000170. The standard InChI is InChI=1S/2C15H23NO.2C14H19N3.C14H21NO2.2C14H19NS/c2*1-10(2)13-8-12-6-5-7-17-15(12)14(9-13)16-11(3)4;1-9(2)11-5-13-12(7-15-8-16-13)14(6-11)17-10(3)4;1-9(2)11-7-12-14(16-6-5-15-12)13(8-11)17-10(3)4;1-9(2)11-7-12(15-10(3)4)14-13(8-11)16-5-6-17-14;1-9(2)11-7-13(15-10(3)4)12-5-6-16-14(12)8-11;1-9(2)12-7-11-5-6-16-14(11)13(8-12)15-10(3)4/h2*8-11,16H,5-7H2,1-4H3;2*5-10,17H,1-4H3;7-10,15H,5-6H2,1-4H3;2*5-10,15H,1-4H3. The maximum Gasteiger partial charge on any atom is 0.184 e. The topological polar surface area (TPSA) is 173 Å². The summed E-state index contributed by atoms with van der Waals surface area (Å²) >= 11 is 3.63. The van der Waals surface area contributed by atoms with Gasteiger partial charge in [0.25, 0.3) is 0 Å². The van der Waals surface area contributed by atoms with Gasteiger partial charge in [-0.2, -0.15) is 0 Å². The van der Waals surface area contributed by atoms with Gasteiger partial charge in [0.15, 0.2) is 11.5 Å². The molecule has 0 atom stereocenters. The zero-order valence-corrected chi connectivity index (χ0v) is 77.8. The largest absolute Gasteiger partial charge is 0.491 e. The minimum Gasteiger partial charge on any atom is -0.491 e. The Kier molecular flexibility index (Phi) is 35.7. The molecule has 634 valence electrons. The molecule has 0 spiro atoms. The summed E-state index contributed by atoms with van der Waals surface area (Å²) < 4.78 is 25.8. The molecule has 0 saturated heterocycles. The zero-order valence-electron chi connectivity index (χ0n) is 76.2. The summed E-state index contributed by atoms with van der Waals surface area (Å²) in [6.45, 7) is 64.2. The smallest absolute Gasteiger partial charge is 0.184 e. The number of nitrogens with zero attached hydrogens (tertiary/aromatic N) is 4. The number of rotatable bonds is 21. The number of benzene rings is 7. The lowest BCUT2D eigenvalue weighted by Gasteiger charge is -2.24. The Labute approximate surface area is 711 Å². The monoisotopic (exact) mass is 1630 g/mol. The highest BCUT2D eigenvalue weighted by molar-refractivity contribution is 7.18. The van der Waals surface area contributed by atoms with Crippen molar-refractivity contribution >= 4 is 105 Å². The molecule has 7 N–H and O–H groups in total. The first-order valence-corrected chi connectivity index (χ1v) is 45.2. The average molecular weight is 1630 g/mol. The molecule has 0 bridgehead atoms. The molecule has 7 heterocycles. The van der Waals surface area contributed by atoms with E-state index in [-0.39, 0.29) is 0 Å². The summed E-state index contributed by atoms with van der Waals surface area (Å²) in [6.07, 6.45) is 11.5. The molecule has 14 rings (SSSR count). The van der Waals surface area contributed by atoms with Gasteiger partial charge >= 0.3 is 0 Å². The molecule has 3 aliphatic heterocycles. The Bertz CT molecular complexity index is 4540. The number of hydrogen-bond acceptors (Lipinski definition) is 17. The fourth-order valence-electron chi connectivity index (χ4n) is 13.9. The minimum atomic E-state index is 0.382. The van der Waals surface area contributed by atoms with Crippen molar-refractivity contribution in [1.82, 2.24) is 19.9 Å². The van der Waals surface area contributed by atoms with Crippen molar-refractivity contribution in [2.75, 3.05) is 63.6 Å². The number of hydrogen-bond donors (Lipinski definition) is 7. The fourth-order valence-corrected chi connectivity index (χ4v) is 15.6. The number of ether oxygens (including phenoxy) is 4. The molecule has 15 nitrogen and oxygen atoms in total. The third kappa shape index (κ3) is 27.8. The van der Waals surface area contributed by atoms with Crippen LogP contribution in [0.15, 0.2) is 133 Å². The molecular weight excluding hydrogens is 1480 g/mol. The van der Waals surface area contributed by atoms with Crippen LogP contribution in [0.2, 0.25) is 0 Å². The molecule has 3 aliphatic rings. The van der Waals surface area contributed by atoms with Crippen LogP contribution in [0.3, 0.4) is 0 Å². The first-order chi connectivity index (χ1) is 55.5. The van der Waals surface area contributed by atoms with Gasteiger partial charge in [-0.3, -0.25) is 9.97 Å². The lowest BCUT2D eigenvalue weighted by atomic mass is 9.95. The Morgan fingerprint density at radius 3 is 1.20 bits per heavy atom. The normalized spacial score (nSPS) is 12.8. The lowest BCUT2D eigenvalue weighted by Crippen LogP contribution is -2.19. The SMILES string of the molecule is CC(C)Nc1cc(C(C)C)cc2c1OCCC2.CC(C)Nc1cc(C(C)C)cc2c1OCCC2.CC(C)Nc1cc(C(C)C)cc2c1OCCO2.CC(C)Nc1cc(C(C)C)cc2ccsc12.CC(C)Nc1cc(C(C)C)cc2nccnc12.CC(C)Nc1cc(C(C)C)cc2ncncc12.CC(C)Nc1cc(C(C)C)cc2sccc12. The molecule has 0 fully saturated rings. The Morgan fingerprint density at radius 2 is 0.692 bits per heavy atom. The molecule has 0 unspecified atom stereocenters. The van der Waals surface area contributed by atoms with Gasteiger partial charge in [-0.05, 0) is 315 Å². The second-order valence-electron chi connectivity index (χ2n) is 35.6. The van der Waals surface area contributed by atoms with Crippen molar-refractivity contribution in [3.63, 3.8) is 0 Å². The predicted octanol–water partition coefficient (Wildman–Crippen LogP) is 28.1. The van der Waals surface area contributed by atoms with E-state index in [0.29, 0.717) is 96.9 Å². The Morgan fingerprint density at radius 1 is 0.316 bits per heavy atom. The third-order valence-corrected chi connectivity index (χ3v) is 21.7. The second kappa shape index (κ2) is 44.7. The van der Waals surface area contributed by atoms with E-state index in [1.165, 1.54) is 93.0 Å². The van der Waals surface area contributed by atoms with Crippen molar-refractivity contribution in [1.29, 1.82) is 0 Å². The quantitative estimate of drug-likeness (QED) is 0.0362. The molecule has 0 radical (unpaired) electrons. The van der Waals surface area contributed by atoms with E-state index in [9.17, 15) is 0 Å². The van der Waals surface area contributed by atoms with Crippen LogP contribution in [0.4, 0.5) is 39.8 Å². The maximum absolute atomic E-state index is 5.83. The predicted molar refractivity (Wildman–Crippen MR) is 511 cm³/mol. The van der Waals surface area contributed by atoms with E-state index in [0.717, 1.165) is 101 Å². The van der Waals surface area contributed by atoms with Gasteiger partial charge in [-0.15, -0.1) is 22.7 Å². The van der Waals surface area contributed by atoms with Gasteiger partial charge in [0.1, 0.15) is 36.6 Å². The molecule has 17 heteroatoms. The highest BCUT2D eigenvalue weighted by Gasteiger charge is 2.23. The van der Waals surface area contributed by atoms with Crippen LogP contribution in [0.5, 0.6) is 23.0 Å². The van der Waals surface area contributed by atoms with Crippen LogP contribution in [0, 0.1) is 0 Å². The highest BCUT2D eigenvalue weighted by Crippen LogP contribution is 2.43. The van der Waals surface area contributed by atoms with E-state index >= 15 is 0 Å². The van der Waals surface area contributed by atoms with Gasteiger partial charge in [0, 0.05) is 87.7 Å². The van der Waals surface area contributed by atoms with Crippen molar-refractivity contribution in [2.24, 2.45) is 0 Å². The number of nitrogens with one attached hydrogen (secondary N) is 7. The summed E-state index contributed by atoms with van der Waals surface area (Å²) in [5, 5.41) is 32.5. The van der Waals surface area contributed by atoms with E-state index in [4.69, 9.17) is 18.9 Å². The molecule has 0 amide bonds. The summed E-state index contributed by atoms with van der Waals surface area (Å²) in [5.41, 5.74) is 23.3. The van der Waals surface area contributed by atoms with Gasteiger partial charge in [-0.1, -0.05) is 109 Å². The van der Waals surface area contributed by atoms with E-state index in [1.54, 1.807) is 18.7 Å². The molecule has 117 heavy (non-hydrogen) atoms. The molecule has 0 saturated carbocycles. The van der Waals surface area contributed by atoms with E-state index < -0.39 is 0 Å². The van der Waals surface area contributed by atoms with Crippen molar-refractivity contribution < 1.29 is 18.9 Å². The van der Waals surface area contributed by atoms with Crippen molar-refractivity contribution in [2.45, 2.75) is 303 Å². The highest BCUT2D eigenvalue weighted by atomic mass is 32.1. The number of thiophene rings is 2. The molecule has 0 aliphatic carbocycles. The van der Waals surface area contributed by atoms with Crippen LogP contribution < -0.4 is 56.2 Å². The first kappa shape index (κ1) is 93.4.